The van der Waals surface area contributed by atoms with Crippen molar-refractivity contribution in [2.75, 3.05) is 7.11 Å². The third-order valence-electron chi connectivity index (χ3n) is 4.52. The molecule has 2 nitrogen and oxygen atoms in total. The monoisotopic (exact) mass is 272 g/mol. The number of hydrogen-bond acceptors (Lipinski definition) is 2. The summed E-state index contributed by atoms with van der Waals surface area (Å²) in [5.41, 5.74) is 0. The Balaban J connectivity index is 2.69. The van der Waals surface area contributed by atoms with Crippen molar-refractivity contribution in [1.29, 1.82) is 0 Å². The van der Waals surface area contributed by atoms with Gasteiger partial charge >= 0.3 is 0 Å². The number of rotatable bonds is 8. The molecule has 1 aliphatic carbocycles. The summed E-state index contributed by atoms with van der Waals surface area (Å²) in [6.07, 6.45) is 8.56. The van der Waals surface area contributed by atoms with Crippen molar-refractivity contribution >= 4 is 9.47 Å². The average molecular weight is 272 g/mol. The van der Waals surface area contributed by atoms with Crippen molar-refractivity contribution in [3.05, 3.63) is 12.7 Å². The van der Waals surface area contributed by atoms with E-state index in [2.05, 4.69) is 36.0 Å². The van der Waals surface area contributed by atoms with E-state index in [1.807, 2.05) is 7.11 Å². The van der Waals surface area contributed by atoms with E-state index >= 15 is 0 Å². The lowest BCUT2D eigenvalue weighted by atomic mass is 9.89. The van der Waals surface area contributed by atoms with Crippen molar-refractivity contribution in [3.63, 3.8) is 0 Å². The summed E-state index contributed by atoms with van der Waals surface area (Å²) in [6.45, 7) is 8.35. The summed E-state index contributed by atoms with van der Waals surface area (Å²) in [5, 5.41) is 0. The second-order valence-corrected chi connectivity index (χ2v) is 5.73. The van der Waals surface area contributed by atoms with Gasteiger partial charge in [0.25, 0.3) is 0 Å². The molecule has 0 aromatic heterocycles. The van der Waals surface area contributed by atoms with Crippen molar-refractivity contribution in [2.24, 2.45) is 17.8 Å². The molecular weight excluding hydrogens is 243 g/mol. The molecule has 2 unspecified atom stereocenters. The maximum Gasteiger partial charge on any atom is 0.0631 e. The largest absolute Gasteiger partial charge is 0.381 e. The Kier molecular flexibility index (Phi) is 7.44. The zero-order chi connectivity index (χ0) is 13.5. The van der Waals surface area contributed by atoms with Crippen LogP contribution in [0.4, 0.5) is 0 Å². The van der Waals surface area contributed by atoms with Crippen LogP contribution < -0.4 is 0 Å². The normalized spacial score (nSPS) is 33.6. The minimum Gasteiger partial charge on any atom is -0.381 e. The van der Waals surface area contributed by atoms with E-state index in [4.69, 9.17) is 9.26 Å². The molecule has 0 bridgehead atoms. The zero-order valence-corrected chi connectivity index (χ0v) is 13.3. The molecule has 1 fully saturated rings. The number of hydrogen-bond donors (Lipinski definition) is 0. The highest BCUT2D eigenvalue weighted by molar-refractivity contribution is 7.09. The van der Waals surface area contributed by atoms with E-state index < -0.39 is 0 Å². The molecule has 106 valence electrons. The van der Waals surface area contributed by atoms with Crippen molar-refractivity contribution in [1.82, 2.24) is 0 Å². The fourth-order valence-corrected chi connectivity index (χ4v) is 3.92. The first-order valence-corrected chi connectivity index (χ1v) is 7.68. The molecule has 1 saturated carbocycles. The maximum absolute atomic E-state index is 5.80. The highest BCUT2D eigenvalue weighted by Crippen LogP contribution is 2.44. The fourth-order valence-electron chi connectivity index (χ4n) is 3.62. The second kappa shape index (κ2) is 8.30. The zero-order valence-electron chi connectivity index (χ0n) is 12.1. The van der Waals surface area contributed by atoms with E-state index in [9.17, 15) is 0 Å². The Hall–Kier alpha value is 0.0900. The first kappa shape index (κ1) is 16.1. The first-order chi connectivity index (χ1) is 8.71. The molecule has 0 aliphatic heterocycles. The van der Waals surface area contributed by atoms with Gasteiger partial charge in [-0.1, -0.05) is 26.3 Å². The summed E-state index contributed by atoms with van der Waals surface area (Å²) >= 11 is 0. The summed E-state index contributed by atoms with van der Waals surface area (Å²) in [7, 11) is 4.27. The third kappa shape index (κ3) is 3.79. The van der Waals surface area contributed by atoms with E-state index in [0.29, 0.717) is 24.0 Å². The van der Waals surface area contributed by atoms with E-state index in [0.717, 1.165) is 25.2 Å². The van der Waals surface area contributed by atoms with Gasteiger partial charge in [-0.3, -0.25) is 0 Å². The fraction of sp³-hybridized carbons (Fsp3) is 0.867. The molecule has 0 amide bonds. The summed E-state index contributed by atoms with van der Waals surface area (Å²) < 4.78 is 11.3. The van der Waals surface area contributed by atoms with Gasteiger partial charge < -0.3 is 9.26 Å². The quantitative estimate of drug-likeness (QED) is 0.486. The van der Waals surface area contributed by atoms with Gasteiger partial charge in [-0.05, 0) is 43.4 Å². The van der Waals surface area contributed by atoms with Crippen LogP contribution in [0.1, 0.15) is 46.0 Å². The second-order valence-electron chi connectivity index (χ2n) is 5.45. The highest BCUT2D eigenvalue weighted by atomic mass is 31.0. The Labute approximate surface area is 115 Å². The Morgan fingerprint density at radius 1 is 1.39 bits per heavy atom. The average Bonchev–Trinajstić information content (AvgIpc) is 2.72. The van der Waals surface area contributed by atoms with Gasteiger partial charge in [-0.15, -0.1) is 6.58 Å². The molecule has 1 rings (SSSR count). The molecule has 18 heavy (non-hydrogen) atoms. The molecule has 0 saturated heterocycles. The SMILES string of the molecule is C=CC[C@@H]1C[C@H](CC(CC)OP)[C@H](OC)[C@H]1CC. The molecule has 0 radical (unpaired) electrons. The van der Waals surface area contributed by atoms with Crippen LogP contribution in [0.3, 0.4) is 0 Å². The van der Waals surface area contributed by atoms with Crippen LogP contribution in [-0.4, -0.2) is 19.3 Å². The predicted molar refractivity (Wildman–Crippen MR) is 80.5 cm³/mol. The van der Waals surface area contributed by atoms with Gasteiger partial charge in [-0.2, -0.15) is 0 Å². The smallest absolute Gasteiger partial charge is 0.0631 e. The van der Waals surface area contributed by atoms with E-state index in [1.54, 1.807) is 0 Å². The molecule has 6 atom stereocenters. The first-order valence-electron chi connectivity index (χ1n) is 7.20. The van der Waals surface area contributed by atoms with Crippen LogP contribution in [0.15, 0.2) is 12.7 Å². The molecular formula is C15H29O2P. The van der Waals surface area contributed by atoms with Gasteiger partial charge in [0, 0.05) is 16.6 Å². The van der Waals surface area contributed by atoms with Gasteiger partial charge in [-0.25, -0.2) is 0 Å². The number of allylic oxidation sites excluding steroid dienone is 1. The standard InChI is InChI=1S/C15H29O2P/c1-5-8-11-9-12(10-13(6-2)17-18)15(16-4)14(11)7-3/h5,11-15H,1,6-10,18H2,2-4H3/t11-,12-,13?,14+,15+/m1/s1. The van der Waals surface area contributed by atoms with Crippen LogP contribution in [0, 0.1) is 17.8 Å². The van der Waals surface area contributed by atoms with Crippen molar-refractivity contribution in [3.8, 4) is 0 Å². The molecule has 0 heterocycles. The molecule has 0 aromatic rings. The van der Waals surface area contributed by atoms with Crippen LogP contribution >= 0.6 is 9.47 Å². The Bertz CT molecular complexity index is 241. The van der Waals surface area contributed by atoms with Crippen LogP contribution in [0.25, 0.3) is 0 Å². The molecule has 0 spiro atoms. The molecule has 0 aromatic carbocycles. The lowest BCUT2D eigenvalue weighted by Gasteiger charge is -2.26. The van der Waals surface area contributed by atoms with Crippen LogP contribution in [0.5, 0.6) is 0 Å². The summed E-state index contributed by atoms with van der Waals surface area (Å²) in [6, 6.07) is 0. The Morgan fingerprint density at radius 2 is 2.11 bits per heavy atom. The molecule has 1 aliphatic rings. The van der Waals surface area contributed by atoms with Gasteiger partial charge in [0.1, 0.15) is 0 Å². The van der Waals surface area contributed by atoms with Gasteiger partial charge in [0.15, 0.2) is 0 Å². The van der Waals surface area contributed by atoms with E-state index in [-0.39, 0.29) is 0 Å². The van der Waals surface area contributed by atoms with Gasteiger partial charge in [0.05, 0.1) is 12.2 Å². The van der Waals surface area contributed by atoms with Crippen LogP contribution in [-0.2, 0) is 9.26 Å². The molecule has 0 N–H and O–H groups in total. The van der Waals surface area contributed by atoms with Crippen LogP contribution in [0.2, 0.25) is 0 Å². The lowest BCUT2D eigenvalue weighted by molar-refractivity contribution is 0.0181. The van der Waals surface area contributed by atoms with Gasteiger partial charge in [0.2, 0.25) is 0 Å². The van der Waals surface area contributed by atoms with E-state index in [1.165, 1.54) is 12.8 Å². The maximum atomic E-state index is 5.80. The highest BCUT2D eigenvalue weighted by Gasteiger charge is 2.42. The Morgan fingerprint density at radius 3 is 2.56 bits per heavy atom. The minimum absolute atomic E-state index is 0.345. The van der Waals surface area contributed by atoms with Crippen molar-refractivity contribution in [2.45, 2.75) is 58.2 Å². The minimum atomic E-state index is 0.345. The predicted octanol–water partition coefficient (Wildman–Crippen LogP) is 4.22. The number of methoxy groups -OCH3 is 1. The molecule has 3 heteroatoms. The summed E-state index contributed by atoms with van der Waals surface area (Å²) in [5.74, 6) is 2.06. The van der Waals surface area contributed by atoms with Crippen molar-refractivity contribution < 1.29 is 9.26 Å². The third-order valence-corrected chi connectivity index (χ3v) is 4.91. The summed E-state index contributed by atoms with van der Waals surface area (Å²) in [4.78, 5) is 0. The topological polar surface area (TPSA) is 18.5 Å². The number of ether oxygens (including phenoxy) is 1. The lowest BCUT2D eigenvalue weighted by Crippen LogP contribution is -2.27.